The van der Waals surface area contributed by atoms with E-state index in [4.69, 9.17) is 0 Å². The lowest BCUT2D eigenvalue weighted by molar-refractivity contribution is 0.184. The van der Waals surface area contributed by atoms with E-state index in [1.165, 1.54) is 9.25 Å². The van der Waals surface area contributed by atoms with Crippen molar-refractivity contribution in [1.29, 1.82) is 0 Å². The maximum Gasteiger partial charge on any atom is 0.348 e. The van der Waals surface area contributed by atoms with Gasteiger partial charge in [0.25, 0.3) is 0 Å². The molecule has 3 aliphatic rings. The van der Waals surface area contributed by atoms with Crippen molar-refractivity contribution < 1.29 is 0 Å². The number of hydrogen-bond acceptors (Lipinski definition) is 3. The minimum absolute atomic E-state index is 0.00556. The lowest BCUT2D eigenvalue weighted by Gasteiger charge is -2.40. The largest absolute Gasteiger partial charge is 0.348 e. The van der Waals surface area contributed by atoms with E-state index in [-0.39, 0.29) is 29.6 Å². The fourth-order valence-corrected chi connectivity index (χ4v) is 3.31. The lowest BCUT2D eigenvalue weighted by atomic mass is 9.94. The predicted octanol–water partition coefficient (Wildman–Crippen LogP) is 0.785. The predicted molar refractivity (Wildman–Crippen MR) is 78.2 cm³/mol. The maximum absolute atomic E-state index is 12.5. The first-order chi connectivity index (χ1) is 10.2. The second kappa shape index (κ2) is 4.33. The zero-order valence-corrected chi connectivity index (χ0v) is 11.6. The van der Waals surface area contributed by atoms with Crippen LogP contribution in [0.4, 0.5) is 0 Å². The third kappa shape index (κ3) is 1.56. The number of aromatic nitrogens is 3. The van der Waals surface area contributed by atoms with Gasteiger partial charge in [-0.1, -0.05) is 36.4 Å². The van der Waals surface area contributed by atoms with Crippen LogP contribution in [0.15, 0.2) is 52.1 Å². The Morgan fingerprint density at radius 2 is 1.76 bits per heavy atom. The van der Waals surface area contributed by atoms with Gasteiger partial charge in [-0.15, -0.1) is 0 Å². The van der Waals surface area contributed by atoms with Gasteiger partial charge in [-0.25, -0.2) is 23.5 Å². The van der Waals surface area contributed by atoms with E-state index < -0.39 is 0 Å². The molecule has 0 saturated heterocycles. The molecule has 0 unspecified atom stereocenters. The Balaban J connectivity index is 1.91. The Kier molecular flexibility index (Phi) is 2.56. The van der Waals surface area contributed by atoms with Gasteiger partial charge in [0.1, 0.15) is 6.17 Å². The van der Waals surface area contributed by atoms with Gasteiger partial charge in [0.15, 0.2) is 0 Å². The molecule has 0 saturated carbocycles. The first-order valence-corrected chi connectivity index (χ1v) is 7.15. The lowest BCUT2D eigenvalue weighted by Crippen LogP contribution is -2.51. The number of rotatable bonds is 2. The average molecular weight is 284 g/mol. The van der Waals surface area contributed by atoms with Crippen LogP contribution >= 0.6 is 0 Å². The van der Waals surface area contributed by atoms with Crippen LogP contribution < -0.4 is 16.7 Å². The molecule has 1 aromatic heterocycles. The molecule has 3 atom stereocenters. The summed E-state index contributed by atoms with van der Waals surface area (Å²) in [6.45, 7) is 2.20. The van der Waals surface area contributed by atoms with Crippen molar-refractivity contribution in [3.05, 3.63) is 69.0 Å². The molecule has 0 aliphatic carbocycles. The van der Waals surface area contributed by atoms with Gasteiger partial charge in [-0.3, -0.25) is 5.32 Å². The van der Waals surface area contributed by atoms with E-state index in [2.05, 4.69) is 5.32 Å². The Labute approximate surface area is 120 Å². The molecule has 2 bridgehead atoms. The van der Waals surface area contributed by atoms with Gasteiger partial charge in [-0.05, 0) is 18.6 Å². The van der Waals surface area contributed by atoms with Gasteiger partial charge in [0.05, 0.1) is 12.1 Å². The SMILES string of the molecule is CCn1c(=O)n2n(c1=O)[C@@H]1C=C[C@@H]2N[C@@H]1c1ccccc1. The highest BCUT2D eigenvalue weighted by Crippen LogP contribution is 2.36. The summed E-state index contributed by atoms with van der Waals surface area (Å²) >= 11 is 0. The van der Waals surface area contributed by atoms with Crippen molar-refractivity contribution in [2.24, 2.45) is 0 Å². The molecule has 1 N–H and O–H groups in total. The summed E-state index contributed by atoms with van der Waals surface area (Å²) < 4.78 is 4.39. The summed E-state index contributed by atoms with van der Waals surface area (Å²) in [5.74, 6) is 0. The van der Waals surface area contributed by atoms with Crippen LogP contribution in [0.2, 0.25) is 0 Å². The van der Waals surface area contributed by atoms with E-state index >= 15 is 0 Å². The second-order valence-electron chi connectivity index (χ2n) is 5.37. The number of nitrogens with one attached hydrogen (secondary N) is 1. The van der Waals surface area contributed by atoms with Crippen molar-refractivity contribution >= 4 is 0 Å². The number of nitrogens with zero attached hydrogens (tertiary/aromatic N) is 3. The Bertz CT molecular complexity index is 828. The van der Waals surface area contributed by atoms with Crippen LogP contribution in [0, 0.1) is 0 Å². The van der Waals surface area contributed by atoms with E-state index in [1.54, 1.807) is 4.68 Å². The zero-order chi connectivity index (χ0) is 14.6. The zero-order valence-electron chi connectivity index (χ0n) is 11.6. The fraction of sp³-hybridized carbons (Fsp3) is 0.333. The van der Waals surface area contributed by atoms with E-state index in [1.807, 2.05) is 49.4 Å². The van der Waals surface area contributed by atoms with Crippen molar-refractivity contribution in [3.63, 3.8) is 0 Å². The fourth-order valence-electron chi connectivity index (χ4n) is 3.31. The molecule has 0 fully saturated rings. The standard InChI is InChI=1S/C15H16N4O2/c1-2-17-14(20)18-11-8-9-12(19(18)15(17)21)16-13(11)10-6-4-3-5-7-10/h3-9,11-13,16H,2H2,1H3/t11-,12-,13-/m1/s1. The highest BCUT2D eigenvalue weighted by atomic mass is 16.2. The van der Waals surface area contributed by atoms with Crippen molar-refractivity contribution in [3.8, 4) is 0 Å². The van der Waals surface area contributed by atoms with Gasteiger partial charge in [0.2, 0.25) is 0 Å². The summed E-state index contributed by atoms with van der Waals surface area (Å²) in [6, 6.07) is 9.84. The number of fused-ring (bicyclic) bond motifs is 1. The van der Waals surface area contributed by atoms with Crippen LogP contribution in [0.25, 0.3) is 0 Å². The van der Waals surface area contributed by atoms with Crippen LogP contribution in [0.3, 0.4) is 0 Å². The minimum Gasteiger partial charge on any atom is -0.283 e. The molecule has 0 radical (unpaired) electrons. The molecule has 21 heavy (non-hydrogen) atoms. The van der Waals surface area contributed by atoms with Crippen LogP contribution in [0.1, 0.15) is 30.7 Å². The van der Waals surface area contributed by atoms with E-state index in [9.17, 15) is 9.59 Å². The molecule has 0 spiro atoms. The summed E-state index contributed by atoms with van der Waals surface area (Å²) in [7, 11) is 0. The molecule has 2 aromatic rings. The molecule has 3 aliphatic heterocycles. The molecule has 0 amide bonds. The van der Waals surface area contributed by atoms with Crippen LogP contribution in [0.5, 0.6) is 0 Å². The smallest absolute Gasteiger partial charge is 0.283 e. The molecule has 4 heterocycles. The summed E-state index contributed by atoms with van der Waals surface area (Å²) in [4.78, 5) is 24.8. The summed E-state index contributed by atoms with van der Waals surface area (Å²) in [5, 5.41) is 3.43. The first-order valence-electron chi connectivity index (χ1n) is 7.15. The van der Waals surface area contributed by atoms with Crippen LogP contribution in [-0.4, -0.2) is 13.9 Å². The summed E-state index contributed by atoms with van der Waals surface area (Å²) in [6.07, 6.45) is 3.69. The number of benzene rings is 1. The van der Waals surface area contributed by atoms with Gasteiger partial charge in [0, 0.05) is 6.54 Å². The second-order valence-corrected chi connectivity index (χ2v) is 5.37. The first kappa shape index (κ1) is 12.4. The third-order valence-electron chi connectivity index (χ3n) is 4.29. The Hall–Kier alpha value is -2.34. The number of hydrogen-bond donors (Lipinski definition) is 1. The topological polar surface area (TPSA) is 61.0 Å². The van der Waals surface area contributed by atoms with Gasteiger partial charge in [-0.2, -0.15) is 0 Å². The molecular formula is C15H16N4O2. The average Bonchev–Trinajstić information content (AvgIpc) is 2.81. The highest BCUT2D eigenvalue weighted by molar-refractivity contribution is 5.26. The Morgan fingerprint density at radius 1 is 1.05 bits per heavy atom. The van der Waals surface area contributed by atoms with Gasteiger partial charge >= 0.3 is 11.4 Å². The molecule has 6 nitrogen and oxygen atoms in total. The monoisotopic (exact) mass is 284 g/mol. The van der Waals surface area contributed by atoms with E-state index in [0.717, 1.165) is 5.56 Å². The van der Waals surface area contributed by atoms with Crippen molar-refractivity contribution in [1.82, 2.24) is 19.2 Å². The quantitative estimate of drug-likeness (QED) is 0.829. The van der Waals surface area contributed by atoms with Crippen molar-refractivity contribution in [2.45, 2.75) is 31.7 Å². The highest BCUT2D eigenvalue weighted by Gasteiger charge is 2.39. The molecule has 5 rings (SSSR count). The van der Waals surface area contributed by atoms with Crippen molar-refractivity contribution in [2.75, 3.05) is 0 Å². The molecule has 108 valence electrons. The maximum atomic E-state index is 12.5. The minimum atomic E-state index is -0.270. The van der Waals surface area contributed by atoms with E-state index in [0.29, 0.717) is 6.54 Å². The van der Waals surface area contributed by atoms with Gasteiger partial charge < -0.3 is 0 Å². The third-order valence-corrected chi connectivity index (χ3v) is 4.29. The summed E-state index contributed by atoms with van der Waals surface area (Å²) in [5.41, 5.74) is 0.636. The Morgan fingerprint density at radius 3 is 2.48 bits per heavy atom. The molecular weight excluding hydrogens is 268 g/mol. The molecule has 1 aromatic carbocycles. The normalized spacial score (nSPS) is 26.0. The molecule has 6 heteroatoms. The van der Waals surface area contributed by atoms with Crippen LogP contribution in [-0.2, 0) is 6.54 Å².